The Hall–Kier alpha value is -6.16. The van der Waals surface area contributed by atoms with Gasteiger partial charge in [-0.2, -0.15) is 4.98 Å². The van der Waals surface area contributed by atoms with Crippen LogP contribution in [0.4, 0.5) is 27.8 Å². The highest BCUT2D eigenvalue weighted by Crippen LogP contribution is 2.38. The SMILES string of the molecule is CCC(C)(C)c1cc(NC(=O)Nc2ccc(Oc3ccnc(Nc4cc(OC)cc(OCCOCCOCCOC)c4)n3)c3ccccc23)c(OC)c(C(=O)N(C)C)c1. The molecule has 15 heteroatoms. The molecule has 0 aliphatic rings. The van der Waals surface area contributed by atoms with Gasteiger partial charge in [-0.05, 0) is 41.7 Å². The number of aromatic nitrogens is 2. The fraction of sp³-hybridized carbons (Fsp3) is 0.364. The van der Waals surface area contributed by atoms with E-state index in [9.17, 15) is 9.59 Å². The summed E-state index contributed by atoms with van der Waals surface area (Å²) in [6.45, 7) is 8.97. The zero-order valence-electron chi connectivity index (χ0n) is 35.0. The van der Waals surface area contributed by atoms with E-state index >= 15 is 0 Å². The van der Waals surface area contributed by atoms with E-state index in [2.05, 4.69) is 46.7 Å². The van der Waals surface area contributed by atoms with Crippen molar-refractivity contribution in [3.05, 3.63) is 90.1 Å². The average Bonchev–Trinajstić information content (AvgIpc) is 3.23. The minimum Gasteiger partial charge on any atom is -0.497 e. The van der Waals surface area contributed by atoms with Crippen molar-refractivity contribution in [3.63, 3.8) is 0 Å². The first-order chi connectivity index (χ1) is 28.5. The van der Waals surface area contributed by atoms with Crippen molar-refractivity contribution in [2.45, 2.75) is 32.6 Å². The van der Waals surface area contributed by atoms with Crippen LogP contribution in [-0.4, -0.2) is 102 Å². The van der Waals surface area contributed by atoms with Crippen LogP contribution in [0.5, 0.6) is 28.9 Å². The summed E-state index contributed by atoms with van der Waals surface area (Å²) in [6, 6.07) is 21.3. The molecule has 314 valence electrons. The summed E-state index contributed by atoms with van der Waals surface area (Å²) in [5.41, 5.74) is 2.55. The van der Waals surface area contributed by atoms with Crippen molar-refractivity contribution in [3.8, 4) is 28.9 Å². The minimum atomic E-state index is -0.512. The van der Waals surface area contributed by atoms with Gasteiger partial charge in [0.15, 0.2) is 5.75 Å². The van der Waals surface area contributed by atoms with E-state index in [1.165, 1.54) is 12.0 Å². The number of anilines is 4. The van der Waals surface area contributed by atoms with Crippen LogP contribution in [0.2, 0.25) is 0 Å². The highest BCUT2D eigenvalue weighted by molar-refractivity contribution is 6.09. The summed E-state index contributed by atoms with van der Waals surface area (Å²) in [4.78, 5) is 37.3. The molecular formula is C44H54N6O9. The monoisotopic (exact) mass is 810 g/mol. The number of rotatable bonds is 21. The predicted molar refractivity (Wildman–Crippen MR) is 228 cm³/mol. The maximum absolute atomic E-state index is 13.6. The molecule has 59 heavy (non-hydrogen) atoms. The number of carbonyl (C=O) groups is 2. The number of fused-ring (bicyclic) bond motifs is 1. The summed E-state index contributed by atoms with van der Waals surface area (Å²) < 4.78 is 39.3. The van der Waals surface area contributed by atoms with Gasteiger partial charge < -0.3 is 54.0 Å². The van der Waals surface area contributed by atoms with Crippen LogP contribution in [0.15, 0.2) is 79.0 Å². The maximum atomic E-state index is 13.6. The lowest BCUT2D eigenvalue weighted by molar-refractivity contribution is 0.0179. The molecule has 0 saturated carbocycles. The van der Waals surface area contributed by atoms with E-state index in [4.69, 9.17) is 33.2 Å². The van der Waals surface area contributed by atoms with Crippen molar-refractivity contribution in [1.82, 2.24) is 14.9 Å². The maximum Gasteiger partial charge on any atom is 0.323 e. The van der Waals surface area contributed by atoms with E-state index in [0.29, 0.717) is 85.4 Å². The van der Waals surface area contributed by atoms with Crippen LogP contribution >= 0.6 is 0 Å². The van der Waals surface area contributed by atoms with Crippen molar-refractivity contribution < 1.29 is 42.7 Å². The summed E-state index contributed by atoms with van der Waals surface area (Å²) in [5, 5.41) is 10.6. The first-order valence-corrected chi connectivity index (χ1v) is 19.2. The number of carbonyl (C=O) groups excluding carboxylic acids is 2. The number of methoxy groups -OCH3 is 3. The van der Waals surface area contributed by atoms with Gasteiger partial charge in [-0.1, -0.05) is 45.0 Å². The number of nitrogens with zero attached hydrogens (tertiary/aromatic N) is 3. The van der Waals surface area contributed by atoms with Crippen LogP contribution in [0.3, 0.4) is 0 Å². The fourth-order valence-electron chi connectivity index (χ4n) is 5.91. The predicted octanol–water partition coefficient (Wildman–Crippen LogP) is 8.27. The Balaban J connectivity index is 1.29. The number of urea groups is 1. The van der Waals surface area contributed by atoms with E-state index in [1.807, 2.05) is 42.5 Å². The molecule has 0 radical (unpaired) electrons. The molecule has 5 rings (SSSR count). The van der Waals surface area contributed by atoms with Gasteiger partial charge in [0.1, 0.15) is 23.9 Å². The summed E-state index contributed by atoms with van der Waals surface area (Å²) in [5.74, 6) is 2.29. The highest BCUT2D eigenvalue weighted by Gasteiger charge is 2.26. The number of ether oxygens (including phenoxy) is 7. The molecule has 0 aliphatic heterocycles. The molecule has 0 bridgehead atoms. The van der Waals surface area contributed by atoms with Gasteiger partial charge in [0.25, 0.3) is 5.91 Å². The van der Waals surface area contributed by atoms with E-state index < -0.39 is 6.03 Å². The summed E-state index contributed by atoms with van der Waals surface area (Å²) in [6.07, 6.45) is 2.40. The summed E-state index contributed by atoms with van der Waals surface area (Å²) >= 11 is 0. The molecule has 4 aromatic carbocycles. The Morgan fingerprint density at radius 1 is 0.763 bits per heavy atom. The largest absolute Gasteiger partial charge is 0.497 e. The molecule has 0 fully saturated rings. The Morgan fingerprint density at radius 2 is 1.46 bits per heavy atom. The highest BCUT2D eigenvalue weighted by atomic mass is 16.6. The number of amides is 3. The molecule has 0 aliphatic carbocycles. The molecule has 3 N–H and O–H groups in total. The summed E-state index contributed by atoms with van der Waals surface area (Å²) in [7, 11) is 8.04. The van der Waals surface area contributed by atoms with Gasteiger partial charge in [0.05, 0.1) is 64.2 Å². The van der Waals surface area contributed by atoms with Crippen LogP contribution in [0.1, 0.15) is 43.1 Å². The van der Waals surface area contributed by atoms with Gasteiger partial charge in [0.2, 0.25) is 11.8 Å². The molecule has 0 spiro atoms. The topological polar surface area (TPSA) is 164 Å². The van der Waals surface area contributed by atoms with Gasteiger partial charge in [-0.15, -0.1) is 0 Å². The zero-order chi connectivity index (χ0) is 42.4. The minimum absolute atomic E-state index is 0.235. The molecular weight excluding hydrogens is 757 g/mol. The lowest BCUT2D eigenvalue weighted by Gasteiger charge is -2.27. The Kier molecular flexibility index (Phi) is 15.7. The number of nitrogens with one attached hydrogen (secondary N) is 3. The van der Waals surface area contributed by atoms with Crippen LogP contribution in [0.25, 0.3) is 10.8 Å². The average molecular weight is 811 g/mol. The third-order valence-corrected chi connectivity index (χ3v) is 9.49. The third kappa shape index (κ3) is 11.9. The van der Waals surface area contributed by atoms with Gasteiger partial charge in [-0.25, -0.2) is 9.78 Å². The van der Waals surface area contributed by atoms with Crippen molar-refractivity contribution in [1.29, 1.82) is 0 Å². The van der Waals surface area contributed by atoms with Gasteiger partial charge >= 0.3 is 6.03 Å². The Bertz CT molecular complexity index is 2200. The Labute approximate surface area is 345 Å². The first kappa shape index (κ1) is 44.0. The molecule has 0 atom stereocenters. The number of hydrogen-bond acceptors (Lipinski definition) is 12. The van der Waals surface area contributed by atoms with E-state index in [-0.39, 0.29) is 23.0 Å². The second kappa shape index (κ2) is 21.0. The second-order valence-electron chi connectivity index (χ2n) is 14.2. The first-order valence-electron chi connectivity index (χ1n) is 19.2. The van der Waals surface area contributed by atoms with Crippen molar-refractivity contribution in [2.75, 3.05) is 91.0 Å². The van der Waals surface area contributed by atoms with Crippen LogP contribution in [-0.2, 0) is 19.6 Å². The van der Waals surface area contributed by atoms with Crippen molar-refractivity contribution >= 4 is 45.7 Å². The normalized spacial score (nSPS) is 11.2. The quantitative estimate of drug-likeness (QED) is 0.0609. The van der Waals surface area contributed by atoms with Crippen LogP contribution in [0, 0.1) is 0 Å². The molecule has 5 aromatic rings. The molecule has 3 amide bonds. The number of benzene rings is 4. The van der Waals surface area contributed by atoms with E-state index in [0.717, 1.165) is 22.8 Å². The molecule has 15 nitrogen and oxygen atoms in total. The zero-order valence-corrected chi connectivity index (χ0v) is 35.0. The van der Waals surface area contributed by atoms with Gasteiger partial charge in [-0.3, -0.25) is 4.79 Å². The Morgan fingerprint density at radius 3 is 2.15 bits per heavy atom. The lowest BCUT2D eigenvalue weighted by atomic mass is 9.81. The lowest BCUT2D eigenvalue weighted by Crippen LogP contribution is -2.26. The third-order valence-electron chi connectivity index (χ3n) is 9.49. The molecule has 1 heterocycles. The fourth-order valence-corrected chi connectivity index (χ4v) is 5.91. The van der Waals surface area contributed by atoms with Crippen molar-refractivity contribution in [2.24, 2.45) is 0 Å². The molecule has 0 saturated heterocycles. The van der Waals surface area contributed by atoms with Crippen LogP contribution < -0.4 is 34.9 Å². The smallest absolute Gasteiger partial charge is 0.323 e. The molecule has 1 aromatic heterocycles. The number of hydrogen-bond donors (Lipinski definition) is 3. The van der Waals surface area contributed by atoms with E-state index in [1.54, 1.807) is 64.8 Å². The second-order valence-corrected chi connectivity index (χ2v) is 14.2. The van der Waals surface area contributed by atoms with Gasteiger partial charge in [0, 0.05) is 68.1 Å². The molecule has 0 unspecified atom stereocenters. The standard InChI is InChI=1S/C44H54N6O9/c1-9-44(2,3)29-24-35(41(51)50(4)5)40(55-8)37(25-29)48-43(52)47-36-14-15-38(34-13-11-10-12-33(34)36)59-39-16-17-45-42(49-39)46-30-26-31(54-7)28-32(27-30)58-23-22-57-21-20-56-19-18-53-6/h10-17,24-28H,9,18-23H2,1-8H3,(H,45,46,49)(H2,47,48,52).